The molecule has 5 aromatic rings. The van der Waals surface area contributed by atoms with Crippen LogP contribution in [0.3, 0.4) is 0 Å². The van der Waals surface area contributed by atoms with E-state index in [4.69, 9.17) is 1.37 Å². The number of aromatic nitrogens is 1. The Morgan fingerprint density at radius 2 is 1.55 bits per heavy atom. The maximum Gasteiger partial charge on any atom is 0.222 e. The molecular formula is C36H40NS+. The summed E-state index contributed by atoms with van der Waals surface area (Å²) in [5, 5.41) is 6.98. The average Bonchev–Trinajstić information content (AvgIpc) is 2.85. The number of benzene rings is 4. The minimum atomic E-state index is 0.119. The van der Waals surface area contributed by atoms with E-state index < -0.39 is 0 Å². The van der Waals surface area contributed by atoms with E-state index in [0.717, 1.165) is 34.7 Å². The molecule has 194 valence electrons. The van der Waals surface area contributed by atoms with Gasteiger partial charge in [-0.25, -0.2) is 4.57 Å². The fourth-order valence-corrected chi connectivity index (χ4v) is 7.67. The summed E-state index contributed by atoms with van der Waals surface area (Å²) in [6, 6.07) is 16.1. The summed E-state index contributed by atoms with van der Waals surface area (Å²) in [4.78, 5) is 2.52. The molecular weight excluding hydrogens is 478 g/mol. The Hall–Kier alpha value is -2.84. The van der Waals surface area contributed by atoms with Crippen molar-refractivity contribution in [2.24, 2.45) is 17.9 Å². The molecule has 0 saturated carbocycles. The highest BCUT2D eigenvalue weighted by Crippen LogP contribution is 2.53. The highest BCUT2D eigenvalue weighted by atomic mass is 32.2. The molecule has 0 fully saturated rings. The van der Waals surface area contributed by atoms with Gasteiger partial charge in [0.2, 0.25) is 5.69 Å². The van der Waals surface area contributed by atoms with Gasteiger partial charge in [-0.15, -0.1) is 0 Å². The Morgan fingerprint density at radius 3 is 2.26 bits per heavy atom. The van der Waals surface area contributed by atoms with E-state index in [0.29, 0.717) is 6.04 Å². The summed E-state index contributed by atoms with van der Waals surface area (Å²) in [6.07, 6.45) is 2.20. The summed E-state index contributed by atoms with van der Waals surface area (Å²) in [7, 11) is 1.97. The highest BCUT2D eigenvalue weighted by molar-refractivity contribution is 8.00. The maximum absolute atomic E-state index is 9.19. The zero-order chi connectivity index (χ0) is 28.9. The molecule has 0 spiro atoms. The smallest absolute Gasteiger partial charge is 0.200 e. The molecule has 6 rings (SSSR count). The van der Waals surface area contributed by atoms with E-state index in [1.54, 1.807) is 0 Å². The molecule has 38 heavy (non-hydrogen) atoms. The molecule has 1 aromatic heterocycles. The second-order valence-corrected chi connectivity index (χ2v) is 14.8. The lowest BCUT2D eigenvalue weighted by molar-refractivity contribution is -0.659. The van der Waals surface area contributed by atoms with Gasteiger partial charge in [0, 0.05) is 21.2 Å². The summed E-state index contributed by atoms with van der Waals surface area (Å²) in [5.74, 6) is 0. The van der Waals surface area contributed by atoms with E-state index in [-0.39, 0.29) is 17.0 Å². The van der Waals surface area contributed by atoms with Gasteiger partial charge in [-0.1, -0.05) is 95.3 Å². The first-order valence-corrected chi connectivity index (χ1v) is 14.6. The predicted molar refractivity (Wildman–Crippen MR) is 165 cm³/mol. The van der Waals surface area contributed by atoms with Crippen molar-refractivity contribution in [1.29, 1.82) is 0 Å². The third-order valence-electron chi connectivity index (χ3n) is 7.82. The Balaban J connectivity index is 1.83. The van der Waals surface area contributed by atoms with Gasteiger partial charge in [-0.2, -0.15) is 0 Å². The van der Waals surface area contributed by atoms with E-state index in [9.17, 15) is 1.37 Å². The number of rotatable bonds is 2. The molecule has 0 aliphatic carbocycles. The lowest BCUT2D eigenvalue weighted by Crippen LogP contribution is -2.32. The fourth-order valence-electron chi connectivity index (χ4n) is 6.31. The first-order chi connectivity index (χ1) is 18.7. The van der Waals surface area contributed by atoms with Gasteiger partial charge in [0.1, 0.15) is 8.42 Å². The molecule has 0 N–H and O–H groups in total. The summed E-state index contributed by atoms with van der Waals surface area (Å²) >= 11 is 1.88. The molecule has 1 nitrogen and oxygen atoms in total. The molecule has 0 amide bonds. The van der Waals surface area contributed by atoms with Crippen molar-refractivity contribution in [2.45, 2.75) is 78.0 Å². The lowest BCUT2D eigenvalue weighted by atomic mass is 9.82. The van der Waals surface area contributed by atoms with Gasteiger partial charge >= 0.3 is 0 Å². The fraction of sp³-hybridized carbons (Fsp3) is 0.361. The minimum Gasteiger partial charge on any atom is -0.200 e. The van der Waals surface area contributed by atoms with Gasteiger partial charge in [0.25, 0.3) is 0 Å². The molecule has 4 aromatic carbocycles. The van der Waals surface area contributed by atoms with Crippen molar-refractivity contribution >= 4 is 44.1 Å². The monoisotopic (exact) mass is 520 g/mol. The van der Waals surface area contributed by atoms with Crippen molar-refractivity contribution < 1.29 is 7.31 Å². The largest absolute Gasteiger partial charge is 0.222 e. The van der Waals surface area contributed by atoms with Crippen LogP contribution in [0.25, 0.3) is 43.6 Å². The molecule has 0 unspecified atom stereocenters. The standard InChI is InChI=1S/C36H40NS/c1-21-13-14-25-27(17-21)22(2)31-33-32-26(15-16-37(33)9)24-12-10-11-23(19-35(3,4)5)28(24)18-30(32)38-34(31)29(25)20-36(6,7)8/h10-18H,19-20H2,1-9H3/q+1/i15D,16D. The van der Waals surface area contributed by atoms with Crippen LogP contribution in [0, 0.1) is 24.7 Å². The molecule has 2 heteroatoms. The second-order valence-electron chi connectivity index (χ2n) is 13.7. The van der Waals surface area contributed by atoms with Crippen molar-refractivity contribution in [3.05, 3.63) is 76.9 Å². The van der Waals surface area contributed by atoms with E-state index >= 15 is 0 Å². The third-order valence-corrected chi connectivity index (χ3v) is 9.01. The Morgan fingerprint density at radius 1 is 0.816 bits per heavy atom. The summed E-state index contributed by atoms with van der Waals surface area (Å²) in [5.41, 5.74) is 7.82. The summed E-state index contributed by atoms with van der Waals surface area (Å²) < 4.78 is 20.3. The molecule has 0 atom stereocenters. The van der Waals surface area contributed by atoms with Crippen LogP contribution in [0.2, 0.25) is 0 Å². The molecule has 0 radical (unpaired) electrons. The Bertz CT molecular complexity index is 1890. The van der Waals surface area contributed by atoms with Crippen LogP contribution in [-0.4, -0.2) is 0 Å². The number of hydrogen-bond acceptors (Lipinski definition) is 1. The van der Waals surface area contributed by atoms with Crippen molar-refractivity contribution in [3.63, 3.8) is 0 Å². The van der Waals surface area contributed by atoms with Crippen molar-refractivity contribution in [1.82, 2.24) is 0 Å². The van der Waals surface area contributed by atoms with Crippen LogP contribution in [0.5, 0.6) is 0 Å². The van der Waals surface area contributed by atoms with Gasteiger partial charge in [0.15, 0.2) is 6.17 Å². The third kappa shape index (κ3) is 4.13. The number of pyridine rings is 1. The Kier molecular flexibility index (Phi) is 5.21. The lowest BCUT2D eigenvalue weighted by Gasteiger charge is -2.28. The number of aryl methyl sites for hydroxylation is 2. The zero-order valence-corrected chi connectivity index (χ0v) is 25.1. The van der Waals surface area contributed by atoms with Crippen LogP contribution in [0.15, 0.2) is 64.5 Å². The van der Waals surface area contributed by atoms with Crippen LogP contribution < -0.4 is 4.57 Å². The first-order valence-electron chi connectivity index (χ1n) is 14.8. The molecule has 1 aliphatic heterocycles. The summed E-state index contributed by atoms with van der Waals surface area (Å²) in [6.45, 7) is 18.2. The van der Waals surface area contributed by atoms with E-state index in [1.807, 2.05) is 23.4 Å². The number of hydrogen-bond donors (Lipinski definition) is 0. The predicted octanol–water partition coefficient (Wildman–Crippen LogP) is 9.90. The van der Waals surface area contributed by atoms with Gasteiger partial charge in [0.05, 0.1) is 12.3 Å². The molecule has 0 bridgehead atoms. The molecule has 1 aliphatic rings. The van der Waals surface area contributed by atoms with E-state index in [2.05, 4.69) is 97.9 Å². The van der Waals surface area contributed by atoms with Crippen LogP contribution in [0.1, 0.15) is 66.5 Å². The normalized spacial score (nSPS) is 14.2. The quantitative estimate of drug-likeness (QED) is 0.162. The van der Waals surface area contributed by atoms with Crippen LogP contribution in [-0.2, 0) is 19.9 Å². The van der Waals surface area contributed by atoms with Crippen LogP contribution >= 0.6 is 11.8 Å². The topological polar surface area (TPSA) is 3.88 Å². The average molecular weight is 521 g/mol. The molecule has 2 heterocycles. The van der Waals surface area contributed by atoms with Crippen molar-refractivity contribution in [2.75, 3.05) is 0 Å². The Labute approximate surface area is 235 Å². The van der Waals surface area contributed by atoms with Crippen LogP contribution in [0.4, 0.5) is 0 Å². The van der Waals surface area contributed by atoms with Gasteiger partial charge in [-0.05, 0) is 81.8 Å². The molecule has 0 saturated heterocycles. The second kappa shape index (κ2) is 8.58. The zero-order valence-electron chi connectivity index (χ0n) is 26.3. The number of nitrogens with zero attached hydrogens (tertiary/aromatic N) is 1. The van der Waals surface area contributed by atoms with Gasteiger partial charge < -0.3 is 0 Å². The number of fused-ring (bicyclic) bond motifs is 5. The SMILES string of the molecule is [2H]c1c([2H])[n+](C)c2c3c(cc4c(CC(C)(C)C)cccc4c13)Sc1c-2c(C)c2cc(C)ccc2c1CC(C)(C)C. The minimum absolute atomic E-state index is 0.119. The van der Waals surface area contributed by atoms with Crippen molar-refractivity contribution in [3.8, 4) is 11.3 Å². The first kappa shape index (κ1) is 23.1. The van der Waals surface area contributed by atoms with E-state index in [1.165, 1.54) is 53.8 Å². The highest BCUT2D eigenvalue weighted by Gasteiger charge is 2.33. The maximum atomic E-state index is 9.19. The van der Waals surface area contributed by atoms with Gasteiger partial charge in [-0.3, -0.25) is 0 Å².